The molecule has 0 aromatic heterocycles. The summed E-state index contributed by atoms with van der Waals surface area (Å²) in [4.78, 5) is 16.8. The van der Waals surface area contributed by atoms with E-state index in [1.54, 1.807) is 6.07 Å². The zero-order valence-electron chi connectivity index (χ0n) is 12.7. The summed E-state index contributed by atoms with van der Waals surface area (Å²) < 4.78 is 0. The molecule has 2 aliphatic rings. The number of nitrogens with zero attached hydrogens (tertiary/aromatic N) is 2. The van der Waals surface area contributed by atoms with E-state index in [0.29, 0.717) is 16.8 Å². The summed E-state index contributed by atoms with van der Waals surface area (Å²) in [5.41, 5.74) is 1.10. The third kappa shape index (κ3) is 3.76. The summed E-state index contributed by atoms with van der Waals surface area (Å²) in [5.74, 6) is 0.676. The lowest BCUT2D eigenvalue weighted by Crippen LogP contribution is -2.41. The van der Waals surface area contributed by atoms with Crippen LogP contribution in [-0.2, 0) is 11.3 Å². The van der Waals surface area contributed by atoms with Gasteiger partial charge in [-0.25, -0.2) is 0 Å². The maximum atomic E-state index is 12.4. The van der Waals surface area contributed by atoms with Gasteiger partial charge in [-0.05, 0) is 37.0 Å². The van der Waals surface area contributed by atoms with Gasteiger partial charge in [0.15, 0.2) is 0 Å². The first-order valence-electron chi connectivity index (χ1n) is 8.08. The molecule has 1 aromatic rings. The normalized spacial score (nSPS) is 20.5. The van der Waals surface area contributed by atoms with Crippen LogP contribution in [0.3, 0.4) is 0 Å². The minimum absolute atomic E-state index is 0.303. The van der Waals surface area contributed by atoms with Crippen molar-refractivity contribution in [3.05, 3.63) is 33.8 Å². The minimum Gasteiger partial charge on any atom is -0.341 e. The number of halogens is 2. The number of amides is 1. The highest BCUT2D eigenvalue weighted by Gasteiger charge is 2.30. The van der Waals surface area contributed by atoms with Crippen molar-refractivity contribution in [2.75, 3.05) is 26.2 Å². The van der Waals surface area contributed by atoms with E-state index in [4.69, 9.17) is 23.2 Å². The Balaban J connectivity index is 1.56. The molecule has 3 rings (SSSR count). The Bertz CT molecular complexity index is 545. The molecule has 22 heavy (non-hydrogen) atoms. The number of hydrogen-bond acceptors (Lipinski definition) is 2. The number of hydrogen-bond donors (Lipinski definition) is 0. The molecular formula is C17H22Cl2N2O. The molecule has 1 amide bonds. The molecule has 1 saturated heterocycles. The fourth-order valence-corrected chi connectivity index (χ4v) is 3.62. The minimum atomic E-state index is 0.303. The lowest BCUT2D eigenvalue weighted by atomic mass is 9.84. The van der Waals surface area contributed by atoms with Crippen LogP contribution in [0.15, 0.2) is 18.2 Å². The van der Waals surface area contributed by atoms with Crippen molar-refractivity contribution in [2.45, 2.75) is 32.2 Å². The second-order valence-corrected chi connectivity index (χ2v) is 7.16. The predicted octanol–water partition coefficient (Wildman–Crippen LogP) is 3.83. The van der Waals surface area contributed by atoms with Crippen LogP contribution in [0.25, 0.3) is 0 Å². The van der Waals surface area contributed by atoms with Gasteiger partial charge in [0.1, 0.15) is 0 Å². The van der Waals surface area contributed by atoms with E-state index in [9.17, 15) is 4.79 Å². The van der Waals surface area contributed by atoms with Gasteiger partial charge in [0.25, 0.3) is 0 Å². The third-order valence-electron chi connectivity index (χ3n) is 4.76. The van der Waals surface area contributed by atoms with Crippen molar-refractivity contribution in [3.63, 3.8) is 0 Å². The van der Waals surface area contributed by atoms with Gasteiger partial charge in [0, 0.05) is 48.7 Å². The first-order valence-corrected chi connectivity index (χ1v) is 8.84. The maximum Gasteiger partial charge on any atom is 0.225 e. The smallest absolute Gasteiger partial charge is 0.225 e. The molecule has 3 nitrogen and oxygen atoms in total. The van der Waals surface area contributed by atoms with Crippen molar-refractivity contribution in [1.29, 1.82) is 0 Å². The van der Waals surface area contributed by atoms with Gasteiger partial charge in [0.2, 0.25) is 5.91 Å². The van der Waals surface area contributed by atoms with Crippen LogP contribution in [0.5, 0.6) is 0 Å². The summed E-state index contributed by atoms with van der Waals surface area (Å²) >= 11 is 12.2. The average Bonchev–Trinajstić information content (AvgIpc) is 2.65. The molecule has 0 spiro atoms. The largest absolute Gasteiger partial charge is 0.341 e. The molecule has 1 aromatic carbocycles. The fraction of sp³-hybridized carbons (Fsp3) is 0.588. The van der Waals surface area contributed by atoms with E-state index < -0.39 is 0 Å². The highest BCUT2D eigenvalue weighted by Crippen LogP contribution is 2.29. The second-order valence-electron chi connectivity index (χ2n) is 6.32. The average molecular weight is 341 g/mol. The van der Waals surface area contributed by atoms with Crippen molar-refractivity contribution in [1.82, 2.24) is 9.80 Å². The van der Waals surface area contributed by atoms with Gasteiger partial charge in [0.05, 0.1) is 0 Å². The Kier molecular flexibility index (Phi) is 5.27. The molecule has 0 radical (unpaired) electrons. The fourth-order valence-electron chi connectivity index (χ4n) is 3.15. The van der Waals surface area contributed by atoms with Crippen LogP contribution in [-0.4, -0.2) is 41.9 Å². The lowest BCUT2D eigenvalue weighted by molar-refractivity contribution is -0.138. The van der Waals surface area contributed by atoms with Crippen LogP contribution in [0.1, 0.15) is 31.2 Å². The standard InChI is InChI=1S/C17H22Cl2N2O/c18-15-6-5-14(16(19)11-15)12-20-7-2-8-21(10-9-20)17(22)13-3-1-4-13/h5-6,11,13H,1-4,7-10,12H2. The summed E-state index contributed by atoms with van der Waals surface area (Å²) in [5, 5.41) is 1.39. The summed E-state index contributed by atoms with van der Waals surface area (Å²) in [6.45, 7) is 4.47. The molecule has 1 aliphatic heterocycles. The van der Waals surface area contributed by atoms with Crippen molar-refractivity contribution in [3.8, 4) is 0 Å². The van der Waals surface area contributed by atoms with E-state index in [-0.39, 0.29) is 0 Å². The van der Waals surface area contributed by atoms with Crippen LogP contribution in [0, 0.1) is 5.92 Å². The van der Waals surface area contributed by atoms with E-state index >= 15 is 0 Å². The molecule has 120 valence electrons. The second kappa shape index (κ2) is 7.20. The summed E-state index contributed by atoms with van der Waals surface area (Å²) in [6.07, 6.45) is 4.41. The predicted molar refractivity (Wildman–Crippen MR) is 90.3 cm³/mol. The van der Waals surface area contributed by atoms with Gasteiger partial charge in [-0.1, -0.05) is 35.7 Å². The molecule has 0 bridgehead atoms. The summed E-state index contributed by atoms with van der Waals surface area (Å²) in [7, 11) is 0. The molecule has 1 saturated carbocycles. The Hall–Kier alpha value is -0.770. The molecule has 2 fully saturated rings. The number of carbonyl (C=O) groups excluding carboxylic acids is 1. The number of benzene rings is 1. The van der Waals surface area contributed by atoms with E-state index in [1.807, 2.05) is 12.1 Å². The van der Waals surface area contributed by atoms with Crippen molar-refractivity contribution < 1.29 is 4.79 Å². The molecule has 1 aliphatic carbocycles. The zero-order chi connectivity index (χ0) is 15.5. The van der Waals surface area contributed by atoms with Gasteiger partial charge < -0.3 is 4.90 Å². The van der Waals surface area contributed by atoms with Crippen LogP contribution < -0.4 is 0 Å². The molecular weight excluding hydrogens is 319 g/mol. The van der Waals surface area contributed by atoms with Crippen LogP contribution >= 0.6 is 23.2 Å². The van der Waals surface area contributed by atoms with Gasteiger partial charge >= 0.3 is 0 Å². The highest BCUT2D eigenvalue weighted by molar-refractivity contribution is 6.35. The molecule has 0 atom stereocenters. The lowest BCUT2D eigenvalue weighted by Gasteiger charge is -2.31. The SMILES string of the molecule is O=C(C1CCC1)N1CCCN(Cc2ccc(Cl)cc2Cl)CC1. The topological polar surface area (TPSA) is 23.6 Å². The molecule has 5 heteroatoms. The first kappa shape index (κ1) is 16.1. The highest BCUT2D eigenvalue weighted by atomic mass is 35.5. The monoisotopic (exact) mass is 340 g/mol. The number of carbonyl (C=O) groups is 1. The van der Waals surface area contributed by atoms with E-state index in [2.05, 4.69) is 9.80 Å². The maximum absolute atomic E-state index is 12.4. The Morgan fingerprint density at radius 2 is 1.91 bits per heavy atom. The Morgan fingerprint density at radius 1 is 1.09 bits per heavy atom. The van der Waals surface area contributed by atoms with Crippen LogP contribution in [0.4, 0.5) is 0 Å². The van der Waals surface area contributed by atoms with Crippen molar-refractivity contribution >= 4 is 29.1 Å². The van der Waals surface area contributed by atoms with Gasteiger partial charge in [-0.15, -0.1) is 0 Å². The zero-order valence-corrected chi connectivity index (χ0v) is 14.2. The Morgan fingerprint density at radius 3 is 2.59 bits per heavy atom. The van der Waals surface area contributed by atoms with Gasteiger partial charge in [-0.3, -0.25) is 9.69 Å². The van der Waals surface area contributed by atoms with Gasteiger partial charge in [-0.2, -0.15) is 0 Å². The van der Waals surface area contributed by atoms with Crippen LogP contribution in [0.2, 0.25) is 10.0 Å². The summed E-state index contributed by atoms with van der Waals surface area (Å²) in [6, 6.07) is 5.67. The molecule has 0 N–H and O–H groups in total. The third-order valence-corrected chi connectivity index (χ3v) is 5.35. The van der Waals surface area contributed by atoms with E-state index in [0.717, 1.165) is 62.6 Å². The number of rotatable bonds is 3. The Labute approximate surface area is 142 Å². The first-order chi connectivity index (χ1) is 10.6. The molecule has 0 unspecified atom stereocenters. The quantitative estimate of drug-likeness (QED) is 0.834. The van der Waals surface area contributed by atoms with E-state index in [1.165, 1.54) is 6.42 Å². The molecule has 1 heterocycles. The van der Waals surface area contributed by atoms with Crippen molar-refractivity contribution in [2.24, 2.45) is 5.92 Å².